The highest BCUT2D eigenvalue weighted by Crippen LogP contribution is 2.32. The Bertz CT molecular complexity index is 418. The van der Waals surface area contributed by atoms with Crippen molar-refractivity contribution in [1.82, 2.24) is 5.16 Å². The predicted molar refractivity (Wildman–Crippen MR) is 44.8 cm³/mol. The van der Waals surface area contributed by atoms with Crippen LogP contribution in [0.5, 0.6) is 0 Å². The number of rotatable bonds is 1. The second kappa shape index (κ2) is 3.13. The fourth-order valence-corrected chi connectivity index (χ4v) is 1.62. The summed E-state index contributed by atoms with van der Waals surface area (Å²) in [4.78, 5) is 0.632. The molecule has 74 valence electrons. The van der Waals surface area contributed by atoms with Crippen molar-refractivity contribution in [2.75, 3.05) is 0 Å². The van der Waals surface area contributed by atoms with Gasteiger partial charge in [0.2, 0.25) is 0 Å². The second-order valence-corrected chi connectivity index (χ2v) is 3.50. The first-order valence-electron chi connectivity index (χ1n) is 3.65. The van der Waals surface area contributed by atoms with Crippen molar-refractivity contribution in [2.45, 2.75) is 6.18 Å². The van der Waals surface area contributed by atoms with Gasteiger partial charge in [0, 0.05) is 6.07 Å². The van der Waals surface area contributed by atoms with Crippen LogP contribution in [-0.2, 0) is 6.18 Å². The Morgan fingerprint density at radius 2 is 2.14 bits per heavy atom. The molecule has 6 heteroatoms. The number of halogens is 3. The topological polar surface area (TPSA) is 26.0 Å². The molecule has 0 unspecified atom stereocenters. The van der Waals surface area contributed by atoms with E-state index < -0.39 is 11.9 Å². The van der Waals surface area contributed by atoms with E-state index in [4.69, 9.17) is 0 Å². The van der Waals surface area contributed by atoms with Crippen LogP contribution in [0.2, 0.25) is 0 Å². The predicted octanol–water partition coefficient (Wildman–Crippen LogP) is 3.42. The Morgan fingerprint density at radius 1 is 1.36 bits per heavy atom. The van der Waals surface area contributed by atoms with E-state index in [1.165, 1.54) is 11.3 Å². The van der Waals surface area contributed by atoms with E-state index in [0.717, 1.165) is 6.07 Å². The molecule has 2 nitrogen and oxygen atoms in total. The van der Waals surface area contributed by atoms with Crippen LogP contribution in [0.15, 0.2) is 28.1 Å². The van der Waals surface area contributed by atoms with E-state index >= 15 is 0 Å². The number of aromatic nitrogens is 1. The molecule has 0 aromatic carbocycles. The molecule has 0 aliphatic heterocycles. The van der Waals surface area contributed by atoms with Gasteiger partial charge in [-0.25, -0.2) is 0 Å². The van der Waals surface area contributed by atoms with Gasteiger partial charge in [-0.2, -0.15) is 13.2 Å². The van der Waals surface area contributed by atoms with Gasteiger partial charge in [0.1, 0.15) is 0 Å². The van der Waals surface area contributed by atoms with Crippen molar-refractivity contribution >= 4 is 11.3 Å². The quantitative estimate of drug-likeness (QED) is 0.734. The van der Waals surface area contributed by atoms with Crippen LogP contribution in [0, 0.1) is 0 Å². The fraction of sp³-hybridized carbons (Fsp3) is 0.125. The molecule has 2 aromatic heterocycles. The van der Waals surface area contributed by atoms with Gasteiger partial charge in [0.15, 0.2) is 11.5 Å². The smallest absolute Gasteiger partial charge is 0.355 e. The average Bonchev–Trinajstić information content (AvgIpc) is 2.73. The third-order valence-corrected chi connectivity index (χ3v) is 2.45. The molecule has 0 fully saturated rings. The van der Waals surface area contributed by atoms with Gasteiger partial charge in [-0.3, -0.25) is 0 Å². The van der Waals surface area contributed by atoms with E-state index in [0.29, 0.717) is 4.88 Å². The maximum Gasteiger partial charge on any atom is 0.436 e. The van der Waals surface area contributed by atoms with Crippen LogP contribution in [0.4, 0.5) is 13.2 Å². The highest BCUT2D eigenvalue weighted by Gasteiger charge is 2.35. The number of thiophene rings is 1. The molecule has 0 bridgehead atoms. The van der Waals surface area contributed by atoms with Crippen LogP contribution in [0.3, 0.4) is 0 Å². The molecule has 0 amide bonds. The van der Waals surface area contributed by atoms with Crippen molar-refractivity contribution in [2.24, 2.45) is 0 Å². The molecule has 2 rings (SSSR count). The minimum absolute atomic E-state index is 0.146. The number of hydrogen-bond donors (Lipinski definition) is 0. The Labute approximate surface area is 81.0 Å². The monoisotopic (exact) mass is 219 g/mol. The highest BCUT2D eigenvalue weighted by atomic mass is 32.1. The summed E-state index contributed by atoms with van der Waals surface area (Å²) in [5.74, 6) is 0.146. The molecule has 0 N–H and O–H groups in total. The molecule has 14 heavy (non-hydrogen) atoms. The summed E-state index contributed by atoms with van der Waals surface area (Å²) in [6, 6.07) is 4.30. The first kappa shape index (κ1) is 9.26. The van der Waals surface area contributed by atoms with E-state index in [2.05, 4.69) is 9.68 Å². The lowest BCUT2D eigenvalue weighted by Crippen LogP contribution is -2.04. The SMILES string of the molecule is FC(F)(F)c1cc(-c2cccs2)on1. The molecule has 0 saturated carbocycles. The zero-order valence-electron chi connectivity index (χ0n) is 6.71. The summed E-state index contributed by atoms with van der Waals surface area (Å²) in [7, 11) is 0. The lowest BCUT2D eigenvalue weighted by molar-refractivity contribution is -0.142. The first-order valence-corrected chi connectivity index (χ1v) is 4.53. The molecular formula is C8H4F3NOS. The van der Waals surface area contributed by atoms with Gasteiger partial charge in [-0.05, 0) is 11.4 Å². The minimum atomic E-state index is -4.45. The van der Waals surface area contributed by atoms with Gasteiger partial charge < -0.3 is 4.52 Å². The summed E-state index contributed by atoms with van der Waals surface area (Å²) in [6.07, 6.45) is -4.45. The second-order valence-electron chi connectivity index (χ2n) is 2.55. The molecule has 0 atom stereocenters. The van der Waals surface area contributed by atoms with Crippen LogP contribution in [0.25, 0.3) is 10.6 Å². The fourth-order valence-electron chi connectivity index (χ4n) is 0.944. The zero-order chi connectivity index (χ0) is 10.2. The summed E-state index contributed by atoms with van der Waals surface area (Å²) in [5.41, 5.74) is -0.999. The van der Waals surface area contributed by atoms with Gasteiger partial charge in [-0.1, -0.05) is 11.2 Å². The molecule has 0 aliphatic carbocycles. The molecular weight excluding hydrogens is 215 g/mol. The molecule has 0 aliphatic rings. The number of nitrogens with zero attached hydrogens (tertiary/aromatic N) is 1. The zero-order valence-corrected chi connectivity index (χ0v) is 7.52. The molecule has 2 aromatic rings. The number of hydrogen-bond acceptors (Lipinski definition) is 3. The standard InChI is InChI=1S/C8H4F3NOS/c9-8(10,11)7-4-5(13-12-7)6-2-1-3-14-6/h1-4H. The number of alkyl halides is 3. The Hall–Kier alpha value is -1.30. The normalized spacial score (nSPS) is 11.9. The van der Waals surface area contributed by atoms with E-state index in [-0.39, 0.29) is 5.76 Å². The van der Waals surface area contributed by atoms with Crippen LogP contribution in [-0.4, -0.2) is 5.16 Å². The Kier molecular flexibility index (Phi) is 2.07. The van der Waals surface area contributed by atoms with Gasteiger partial charge in [-0.15, -0.1) is 11.3 Å². The van der Waals surface area contributed by atoms with E-state index in [1.54, 1.807) is 17.5 Å². The molecule has 0 radical (unpaired) electrons. The highest BCUT2D eigenvalue weighted by molar-refractivity contribution is 7.13. The third-order valence-electron chi connectivity index (χ3n) is 1.56. The average molecular weight is 219 g/mol. The van der Waals surface area contributed by atoms with Crippen molar-refractivity contribution in [3.05, 3.63) is 29.3 Å². The van der Waals surface area contributed by atoms with Crippen molar-refractivity contribution in [3.8, 4) is 10.6 Å². The molecule has 0 spiro atoms. The van der Waals surface area contributed by atoms with E-state index in [1.807, 2.05) is 0 Å². The van der Waals surface area contributed by atoms with E-state index in [9.17, 15) is 13.2 Å². The Morgan fingerprint density at radius 3 is 2.64 bits per heavy atom. The maximum absolute atomic E-state index is 12.1. The maximum atomic E-state index is 12.1. The lowest BCUT2D eigenvalue weighted by atomic mass is 10.3. The summed E-state index contributed by atoms with van der Waals surface area (Å²) in [6.45, 7) is 0. The Balaban J connectivity index is 2.36. The first-order chi connectivity index (χ1) is 6.57. The summed E-state index contributed by atoms with van der Waals surface area (Å²) in [5, 5.41) is 4.71. The lowest BCUT2D eigenvalue weighted by Gasteiger charge is -1.97. The summed E-state index contributed by atoms with van der Waals surface area (Å²) >= 11 is 1.30. The van der Waals surface area contributed by atoms with Gasteiger partial charge in [0.05, 0.1) is 4.88 Å². The van der Waals surface area contributed by atoms with Crippen molar-refractivity contribution in [1.29, 1.82) is 0 Å². The molecule has 2 heterocycles. The van der Waals surface area contributed by atoms with Gasteiger partial charge >= 0.3 is 6.18 Å². The van der Waals surface area contributed by atoms with Gasteiger partial charge in [0.25, 0.3) is 0 Å². The van der Waals surface area contributed by atoms with Crippen molar-refractivity contribution in [3.63, 3.8) is 0 Å². The van der Waals surface area contributed by atoms with Crippen molar-refractivity contribution < 1.29 is 17.7 Å². The van der Waals surface area contributed by atoms with Crippen LogP contribution >= 0.6 is 11.3 Å². The third kappa shape index (κ3) is 1.65. The van der Waals surface area contributed by atoms with Crippen LogP contribution < -0.4 is 0 Å². The largest absolute Gasteiger partial charge is 0.436 e. The van der Waals surface area contributed by atoms with Crippen LogP contribution in [0.1, 0.15) is 5.69 Å². The summed E-state index contributed by atoms with van der Waals surface area (Å²) < 4.78 is 40.9. The molecule has 0 saturated heterocycles. The minimum Gasteiger partial charge on any atom is -0.355 e.